The first-order chi connectivity index (χ1) is 8.60. The molecule has 0 saturated carbocycles. The quantitative estimate of drug-likeness (QED) is 0.372. The normalized spacial score (nSPS) is 11.4. The number of hydrazine groups is 1. The van der Waals surface area contributed by atoms with Gasteiger partial charge < -0.3 is 5.43 Å². The van der Waals surface area contributed by atoms with Crippen LogP contribution >= 0.6 is 11.8 Å². The molecule has 102 valence electrons. The number of rotatable bonds is 8. The van der Waals surface area contributed by atoms with Crippen molar-refractivity contribution in [3.63, 3.8) is 0 Å². The molecule has 6 nitrogen and oxygen atoms in total. The van der Waals surface area contributed by atoms with Crippen LogP contribution in [0.15, 0.2) is 23.2 Å². The molecule has 1 heterocycles. The molecule has 1 aromatic rings. The minimum atomic E-state index is -3.47. The summed E-state index contributed by atoms with van der Waals surface area (Å²) in [7, 11) is -3.47. The second-order valence-electron chi connectivity index (χ2n) is 3.62. The van der Waals surface area contributed by atoms with E-state index >= 15 is 0 Å². The van der Waals surface area contributed by atoms with Crippen molar-refractivity contribution in [3.05, 3.63) is 18.3 Å². The number of sulfonamides is 1. The minimum absolute atomic E-state index is 0.162. The molecule has 0 aliphatic heterocycles. The summed E-state index contributed by atoms with van der Waals surface area (Å²) < 4.78 is 26.4. The first-order valence-corrected chi connectivity index (χ1v) is 8.39. The van der Waals surface area contributed by atoms with Gasteiger partial charge in [-0.3, -0.25) is 0 Å². The lowest BCUT2D eigenvalue weighted by Crippen LogP contribution is -2.25. The number of nitrogens with zero attached hydrogens (tertiary/aromatic N) is 1. The summed E-state index contributed by atoms with van der Waals surface area (Å²) in [6.07, 6.45) is 5.25. The standard InChI is InChI=1S/C10H18N4O2S2/c1-17-7-3-2-5-13-18(15,16)9-4-6-12-10(8-9)14-11/h4,6,8,13H,2-3,5,7,11H2,1H3,(H,12,14). The Morgan fingerprint density at radius 1 is 1.44 bits per heavy atom. The highest BCUT2D eigenvalue weighted by Gasteiger charge is 2.13. The number of pyridine rings is 1. The van der Waals surface area contributed by atoms with Gasteiger partial charge in [0.1, 0.15) is 5.82 Å². The minimum Gasteiger partial charge on any atom is -0.308 e. The fourth-order valence-electron chi connectivity index (χ4n) is 1.32. The van der Waals surface area contributed by atoms with Gasteiger partial charge in [0, 0.05) is 18.8 Å². The number of unbranched alkanes of at least 4 members (excludes halogenated alkanes) is 1. The summed E-state index contributed by atoms with van der Waals surface area (Å²) >= 11 is 1.75. The molecule has 0 fully saturated rings. The van der Waals surface area contributed by atoms with Gasteiger partial charge in [0.15, 0.2) is 0 Å². The highest BCUT2D eigenvalue weighted by atomic mass is 32.2. The second kappa shape index (κ2) is 7.57. The van der Waals surface area contributed by atoms with Crippen LogP contribution in [-0.2, 0) is 10.0 Å². The Labute approximate surface area is 112 Å². The smallest absolute Gasteiger partial charge is 0.240 e. The molecule has 0 amide bonds. The van der Waals surface area contributed by atoms with Crippen molar-refractivity contribution >= 4 is 27.6 Å². The zero-order valence-corrected chi connectivity index (χ0v) is 11.9. The third-order valence-corrected chi connectivity index (χ3v) is 4.41. The van der Waals surface area contributed by atoms with Gasteiger partial charge in [-0.25, -0.2) is 24.0 Å². The van der Waals surface area contributed by atoms with Crippen LogP contribution in [0.2, 0.25) is 0 Å². The zero-order valence-electron chi connectivity index (χ0n) is 10.2. The first-order valence-electron chi connectivity index (χ1n) is 5.51. The van der Waals surface area contributed by atoms with Crippen LogP contribution in [0.25, 0.3) is 0 Å². The first kappa shape index (κ1) is 15.2. The number of thioether (sulfide) groups is 1. The van der Waals surface area contributed by atoms with E-state index in [-0.39, 0.29) is 4.90 Å². The van der Waals surface area contributed by atoms with E-state index < -0.39 is 10.0 Å². The van der Waals surface area contributed by atoms with Crippen molar-refractivity contribution in [2.45, 2.75) is 17.7 Å². The van der Waals surface area contributed by atoms with Gasteiger partial charge in [0.2, 0.25) is 10.0 Å². The molecule has 1 aromatic heterocycles. The van der Waals surface area contributed by atoms with E-state index in [9.17, 15) is 8.42 Å². The fourth-order valence-corrected chi connectivity index (χ4v) is 2.90. The molecule has 0 atom stereocenters. The average Bonchev–Trinajstić information content (AvgIpc) is 2.38. The maximum absolute atomic E-state index is 11.9. The van der Waals surface area contributed by atoms with Gasteiger partial charge in [0.05, 0.1) is 4.90 Å². The summed E-state index contributed by atoms with van der Waals surface area (Å²) in [5, 5.41) is 0. The van der Waals surface area contributed by atoms with Crippen LogP contribution < -0.4 is 16.0 Å². The summed E-state index contributed by atoms with van der Waals surface area (Å²) in [5.41, 5.74) is 2.32. The molecule has 0 saturated heterocycles. The van der Waals surface area contributed by atoms with Crippen molar-refractivity contribution in [2.24, 2.45) is 5.84 Å². The molecule has 0 radical (unpaired) electrons. The number of aromatic nitrogens is 1. The zero-order chi connectivity index (χ0) is 13.4. The van der Waals surface area contributed by atoms with E-state index in [2.05, 4.69) is 15.1 Å². The van der Waals surface area contributed by atoms with E-state index in [0.29, 0.717) is 12.4 Å². The monoisotopic (exact) mass is 290 g/mol. The van der Waals surface area contributed by atoms with Crippen LogP contribution in [0.5, 0.6) is 0 Å². The van der Waals surface area contributed by atoms with Gasteiger partial charge >= 0.3 is 0 Å². The Bertz CT molecular complexity index is 465. The molecule has 0 spiro atoms. The lowest BCUT2D eigenvalue weighted by Gasteiger charge is -2.07. The average molecular weight is 290 g/mol. The van der Waals surface area contributed by atoms with E-state index in [1.807, 2.05) is 6.26 Å². The molecule has 1 rings (SSSR count). The summed E-state index contributed by atoms with van der Waals surface area (Å²) in [6, 6.07) is 2.83. The van der Waals surface area contributed by atoms with Gasteiger partial charge in [-0.15, -0.1) is 0 Å². The maximum Gasteiger partial charge on any atom is 0.240 e. The predicted octanol–water partition coefficient (Wildman–Crippen LogP) is 0.789. The van der Waals surface area contributed by atoms with Crippen LogP contribution in [0, 0.1) is 0 Å². The number of nitrogen functional groups attached to an aromatic ring is 1. The Morgan fingerprint density at radius 2 is 2.22 bits per heavy atom. The van der Waals surface area contributed by atoms with Crippen LogP contribution in [-0.4, -0.2) is 32.0 Å². The number of hydrogen-bond donors (Lipinski definition) is 3. The van der Waals surface area contributed by atoms with Gasteiger partial charge in [-0.1, -0.05) is 0 Å². The molecular formula is C10H18N4O2S2. The lowest BCUT2D eigenvalue weighted by molar-refractivity contribution is 0.578. The number of nitrogens with one attached hydrogen (secondary N) is 2. The summed E-state index contributed by atoms with van der Waals surface area (Å²) in [4.78, 5) is 4.02. The molecule has 0 aliphatic carbocycles. The predicted molar refractivity (Wildman–Crippen MR) is 74.9 cm³/mol. The number of anilines is 1. The van der Waals surface area contributed by atoms with Crippen LogP contribution in [0.3, 0.4) is 0 Å². The van der Waals surface area contributed by atoms with Crippen molar-refractivity contribution in [1.82, 2.24) is 9.71 Å². The molecule has 0 aliphatic rings. The fraction of sp³-hybridized carbons (Fsp3) is 0.500. The maximum atomic E-state index is 11.9. The Hall–Kier alpha value is -0.830. The molecular weight excluding hydrogens is 272 g/mol. The molecule has 18 heavy (non-hydrogen) atoms. The number of nitrogens with two attached hydrogens (primary N) is 1. The number of hydrogen-bond acceptors (Lipinski definition) is 6. The Kier molecular flexibility index (Phi) is 6.41. The van der Waals surface area contributed by atoms with Crippen LogP contribution in [0.4, 0.5) is 5.82 Å². The Balaban J connectivity index is 2.57. The van der Waals surface area contributed by atoms with Crippen molar-refractivity contribution < 1.29 is 8.42 Å². The van der Waals surface area contributed by atoms with E-state index in [4.69, 9.17) is 5.84 Å². The van der Waals surface area contributed by atoms with Crippen molar-refractivity contribution in [3.8, 4) is 0 Å². The molecule has 8 heteroatoms. The SMILES string of the molecule is CSCCCCNS(=O)(=O)c1ccnc(NN)c1. The van der Waals surface area contributed by atoms with Crippen molar-refractivity contribution in [2.75, 3.05) is 24.0 Å². The molecule has 0 bridgehead atoms. The topological polar surface area (TPSA) is 97.1 Å². The van der Waals surface area contributed by atoms with Crippen LogP contribution in [0.1, 0.15) is 12.8 Å². The van der Waals surface area contributed by atoms with Gasteiger partial charge in [-0.2, -0.15) is 11.8 Å². The van der Waals surface area contributed by atoms with Crippen molar-refractivity contribution in [1.29, 1.82) is 0 Å². The Morgan fingerprint density at radius 3 is 2.89 bits per heavy atom. The third kappa shape index (κ3) is 4.81. The summed E-state index contributed by atoms with van der Waals surface area (Å²) in [6.45, 7) is 0.441. The lowest BCUT2D eigenvalue weighted by atomic mass is 10.3. The van der Waals surface area contributed by atoms with E-state index in [0.717, 1.165) is 18.6 Å². The van der Waals surface area contributed by atoms with E-state index in [1.165, 1.54) is 18.3 Å². The molecule has 0 unspecified atom stereocenters. The van der Waals surface area contributed by atoms with Gasteiger partial charge in [-0.05, 0) is 30.9 Å². The third-order valence-electron chi connectivity index (χ3n) is 2.26. The van der Waals surface area contributed by atoms with Gasteiger partial charge in [0.25, 0.3) is 0 Å². The largest absolute Gasteiger partial charge is 0.308 e. The van der Waals surface area contributed by atoms with E-state index in [1.54, 1.807) is 11.8 Å². The molecule has 0 aromatic carbocycles. The highest BCUT2D eigenvalue weighted by Crippen LogP contribution is 2.11. The summed E-state index contributed by atoms with van der Waals surface area (Å²) in [5.74, 6) is 6.55. The highest BCUT2D eigenvalue weighted by molar-refractivity contribution is 7.98. The molecule has 4 N–H and O–H groups in total. The second-order valence-corrected chi connectivity index (χ2v) is 6.37.